The second-order valence-corrected chi connectivity index (χ2v) is 6.38. The standard InChI is InChI=1S/C11H17NO2S/c1-6(13)14-11-7-3-4-9-8(12(7)2)5-10(11)15-9/h7-11H,3-5H2,1-2H3. The summed E-state index contributed by atoms with van der Waals surface area (Å²) in [6.07, 6.45) is 3.85. The molecule has 0 radical (unpaired) electrons. The lowest BCUT2D eigenvalue weighted by molar-refractivity contribution is -0.153. The molecule has 0 aromatic heterocycles. The molecule has 0 spiro atoms. The summed E-state index contributed by atoms with van der Waals surface area (Å²) in [7, 11) is 2.19. The van der Waals surface area contributed by atoms with Crippen molar-refractivity contribution in [2.75, 3.05) is 7.05 Å². The van der Waals surface area contributed by atoms with Crippen molar-refractivity contribution in [1.29, 1.82) is 0 Å². The number of carbonyl (C=O) groups is 1. The van der Waals surface area contributed by atoms with E-state index in [1.807, 2.05) is 0 Å². The molecular weight excluding hydrogens is 210 g/mol. The summed E-state index contributed by atoms with van der Waals surface area (Å²) in [5.41, 5.74) is 0. The van der Waals surface area contributed by atoms with E-state index in [0.717, 1.165) is 11.3 Å². The SMILES string of the molecule is CC(=O)OC1C2CC3C(CCC1N3C)S2. The van der Waals surface area contributed by atoms with Crippen LogP contribution >= 0.6 is 11.8 Å². The molecule has 4 heteroatoms. The Morgan fingerprint density at radius 2 is 2.13 bits per heavy atom. The minimum atomic E-state index is -0.122. The molecule has 3 aliphatic heterocycles. The number of hydrogen-bond acceptors (Lipinski definition) is 4. The first-order valence-corrected chi connectivity index (χ1v) is 6.65. The van der Waals surface area contributed by atoms with Crippen molar-refractivity contribution >= 4 is 17.7 Å². The topological polar surface area (TPSA) is 29.5 Å². The van der Waals surface area contributed by atoms with Gasteiger partial charge in [-0.15, -0.1) is 11.8 Å². The monoisotopic (exact) mass is 227 g/mol. The van der Waals surface area contributed by atoms with E-state index in [0.29, 0.717) is 11.3 Å². The van der Waals surface area contributed by atoms with Crippen molar-refractivity contribution < 1.29 is 9.53 Å². The molecule has 5 atom stereocenters. The maximum atomic E-state index is 11.1. The van der Waals surface area contributed by atoms with Gasteiger partial charge < -0.3 is 4.74 Å². The third kappa shape index (κ3) is 1.41. The summed E-state index contributed by atoms with van der Waals surface area (Å²) in [5, 5.41) is 1.35. The van der Waals surface area contributed by atoms with Crippen molar-refractivity contribution in [1.82, 2.24) is 4.90 Å². The van der Waals surface area contributed by atoms with Crippen LogP contribution < -0.4 is 0 Å². The molecule has 15 heavy (non-hydrogen) atoms. The first-order valence-electron chi connectivity index (χ1n) is 5.71. The molecule has 84 valence electrons. The number of esters is 1. The molecule has 0 N–H and O–H groups in total. The van der Waals surface area contributed by atoms with Gasteiger partial charge in [0.15, 0.2) is 0 Å². The molecule has 0 aromatic carbocycles. The van der Waals surface area contributed by atoms with Crippen LogP contribution in [0.4, 0.5) is 0 Å². The summed E-state index contributed by atoms with van der Waals surface area (Å²) in [5.74, 6) is -0.122. The number of carbonyl (C=O) groups excluding carboxylic acids is 1. The van der Waals surface area contributed by atoms with E-state index in [2.05, 4.69) is 23.7 Å². The predicted molar refractivity (Wildman–Crippen MR) is 59.9 cm³/mol. The smallest absolute Gasteiger partial charge is 0.302 e. The molecule has 3 fully saturated rings. The van der Waals surface area contributed by atoms with Crippen LogP contribution in [0.3, 0.4) is 0 Å². The number of fused-ring (bicyclic) bond motifs is 2. The number of piperidine rings is 2. The molecule has 5 unspecified atom stereocenters. The Bertz CT molecular complexity index is 294. The lowest BCUT2D eigenvalue weighted by Gasteiger charge is -2.46. The van der Waals surface area contributed by atoms with Crippen LogP contribution in [0.25, 0.3) is 0 Å². The van der Waals surface area contributed by atoms with E-state index >= 15 is 0 Å². The zero-order valence-corrected chi connectivity index (χ0v) is 10.00. The minimum absolute atomic E-state index is 0.122. The molecule has 0 amide bonds. The Labute approximate surface area is 94.5 Å². The maximum Gasteiger partial charge on any atom is 0.302 e. The average molecular weight is 227 g/mol. The highest BCUT2D eigenvalue weighted by Crippen LogP contribution is 2.51. The Morgan fingerprint density at radius 1 is 1.33 bits per heavy atom. The van der Waals surface area contributed by atoms with E-state index in [1.165, 1.54) is 26.2 Å². The Kier molecular flexibility index (Phi) is 2.25. The molecule has 3 saturated heterocycles. The van der Waals surface area contributed by atoms with Gasteiger partial charge in [0.05, 0.1) is 0 Å². The molecule has 3 nitrogen and oxygen atoms in total. The van der Waals surface area contributed by atoms with Gasteiger partial charge >= 0.3 is 5.97 Å². The van der Waals surface area contributed by atoms with Crippen LogP contribution in [0.15, 0.2) is 0 Å². The van der Waals surface area contributed by atoms with Gasteiger partial charge in [-0.1, -0.05) is 0 Å². The van der Waals surface area contributed by atoms with Crippen molar-refractivity contribution in [3.8, 4) is 0 Å². The molecule has 3 aliphatic rings. The third-order valence-corrected chi connectivity index (χ3v) is 5.80. The van der Waals surface area contributed by atoms with Gasteiger partial charge in [0.1, 0.15) is 6.10 Å². The van der Waals surface area contributed by atoms with Crippen molar-refractivity contribution in [3.05, 3.63) is 0 Å². The molecular formula is C11H17NO2S. The number of nitrogens with zero attached hydrogens (tertiary/aromatic N) is 1. The molecule has 0 saturated carbocycles. The second kappa shape index (κ2) is 3.39. The van der Waals surface area contributed by atoms with Crippen LogP contribution in [-0.4, -0.2) is 46.6 Å². The van der Waals surface area contributed by atoms with Crippen LogP contribution in [-0.2, 0) is 9.53 Å². The number of likely N-dealkylation sites (N-methyl/N-ethyl adjacent to an activating group) is 1. The van der Waals surface area contributed by atoms with E-state index in [4.69, 9.17) is 4.74 Å². The first-order chi connectivity index (χ1) is 7.16. The van der Waals surface area contributed by atoms with Crippen LogP contribution in [0.5, 0.6) is 0 Å². The second-order valence-electron chi connectivity index (χ2n) is 4.90. The molecule has 3 heterocycles. The van der Waals surface area contributed by atoms with Crippen molar-refractivity contribution in [3.63, 3.8) is 0 Å². The summed E-state index contributed by atoms with van der Waals surface area (Å²) in [6.45, 7) is 1.53. The highest BCUT2D eigenvalue weighted by Gasteiger charge is 2.54. The zero-order chi connectivity index (χ0) is 10.6. The number of rotatable bonds is 1. The van der Waals surface area contributed by atoms with Gasteiger partial charge in [0.25, 0.3) is 0 Å². The molecule has 3 bridgehead atoms. The van der Waals surface area contributed by atoms with E-state index in [-0.39, 0.29) is 12.1 Å². The Balaban J connectivity index is 1.86. The minimum Gasteiger partial charge on any atom is -0.460 e. The predicted octanol–water partition coefficient (Wildman–Crippen LogP) is 1.27. The highest BCUT2D eigenvalue weighted by molar-refractivity contribution is 8.00. The molecule has 0 aromatic rings. The number of thioether (sulfide) groups is 1. The van der Waals surface area contributed by atoms with Crippen molar-refractivity contribution in [2.45, 2.75) is 54.9 Å². The molecule has 3 rings (SSSR count). The summed E-state index contributed by atoms with van der Waals surface area (Å²) < 4.78 is 5.52. The lowest BCUT2D eigenvalue weighted by Crippen LogP contribution is -2.58. The summed E-state index contributed by atoms with van der Waals surface area (Å²) in [6, 6.07) is 1.22. The summed E-state index contributed by atoms with van der Waals surface area (Å²) in [4.78, 5) is 13.6. The van der Waals surface area contributed by atoms with Gasteiger partial charge in [-0.2, -0.15) is 0 Å². The summed E-state index contributed by atoms with van der Waals surface area (Å²) >= 11 is 2.06. The van der Waals surface area contributed by atoms with Crippen LogP contribution in [0, 0.1) is 0 Å². The van der Waals surface area contributed by atoms with Crippen LogP contribution in [0.2, 0.25) is 0 Å². The Morgan fingerprint density at radius 3 is 2.87 bits per heavy atom. The largest absolute Gasteiger partial charge is 0.460 e. The quantitative estimate of drug-likeness (QED) is 0.631. The highest BCUT2D eigenvalue weighted by atomic mass is 32.2. The number of ether oxygens (including phenoxy) is 1. The molecule has 0 aliphatic carbocycles. The van der Waals surface area contributed by atoms with Crippen molar-refractivity contribution in [2.24, 2.45) is 0 Å². The first kappa shape index (κ1) is 9.97. The van der Waals surface area contributed by atoms with Crippen LogP contribution in [0.1, 0.15) is 26.2 Å². The van der Waals surface area contributed by atoms with Gasteiger partial charge in [0.2, 0.25) is 0 Å². The van der Waals surface area contributed by atoms with E-state index < -0.39 is 0 Å². The number of hydrogen-bond donors (Lipinski definition) is 0. The van der Waals surface area contributed by atoms with Gasteiger partial charge in [-0.05, 0) is 26.3 Å². The lowest BCUT2D eigenvalue weighted by atomic mass is 9.83. The Hall–Kier alpha value is -0.220. The third-order valence-electron chi connectivity index (χ3n) is 4.09. The van der Waals surface area contributed by atoms with Gasteiger partial charge in [-0.3, -0.25) is 9.69 Å². The zero-order valence-electron chi connectivity index (χ0n) is 9.18. The van der Waals surface area contributed by atoms with E-state index in [1.54, 1.807) is 0 Å². The normalized spacial score (nSPS) is 48.3. The fraction of sp³-hybridized carbons (Fsp3) is 0.909. The fourth-order valence-electron chi connectivity index (χ4n) is 3.44. The van der Waals surface area contributed by atoms with E-state index in [9.17, 15) is 4.79 Å². The fourth-order valence-corrected chi connectivity index (χ4v) is 5.34. The van der Waals surface area contributed by atoms with Gasteiger partial charge in [-0.25, -0.2) is 0 Å². The van der Waals surface area contributed by atoms with Gasteiger partial charge in [0, 0.05) is 29.5 Å². The maximum absolute atomic E-state index is 11.1. The average Bonchev–Trinajstić information content (AvgIpc) is 2.47.